The van der Waals surface area contributed by atoms with Gasteiger partial charge in [-0.25, -0.2) is 13.4 Å². The Balaban J connectivity index is 1.09. The Labute approximate surface area is 249 Å². The average molecular weight is 598 g/mol. The molecule has 3 N–H and O–H groups in total. The minimum absolute atomic E-state index is 0.106. The van der Waals surface area contributed by atoms with Gasteiger partial charge >= 0.3 is 5.97 Å². The molecule has 1 aromatic carbocycles. The summed E-state index contributed by atoms with van der Waals surface area (Å²) in [7, 11) is -4.03. The molecule has 0 radical (unpaired) electrons. The second-order valence-corrected chi connectivity index (χ2v) is 14.0. The summed E-state index contributed by atoms with van der Waals surface area (Å²) in [5.41, 5.74) is 4.72. The van der Waals surface area contributed by atoms with E-state index in [2.05, 4.69) is 32.4 Å². The highest BCUT2D eigenvalue weighted by molar-refractivity contribution is 7.89. The van der Waals surface area contributed by atoms with Crippen LogP contribution in [0, 0.1) is 32.1 Å². The van der Waals surface area contributed by atoms with Gasteiger partial charge in [-0.3, -0.25) is 9.59 Å². The molecule has 1 spiro atoms. The van der Waals surface area contributed by atoms with Crippen molar-refractivity contribution in [3.05, 3.63) is 52.2 Å². The summed E-state index contributed by atoms with van der Waals surface area (Å²) in [6.07, 6.45) is 4.75. The number of anilines is 1. The monoisotopic (exact) mass is 597 g/mol. The van der Waals surface area contributed by atoms with Crippen LogP contribution in [0.4, 0.5) is 5.82 Å². The van der Waals surface area contributed by atoms with Crippen molar-refractivity contribution in [3.8, 4) is 0 Å². The molecular formula is C31H43N5O5S. The van der Waals surface area contributed by atoms with Gasteiger partial charge in [-0.05, 0) is 81.5 Å². The molecule has 42 heavy (non-hydrogen) atoms. The second-order valence-electron chi connectivity index (χ2n) is 12.3. The Morgan fingerprint density at radius 1 is 1.17 bits per heavy atom. The molecule has 1 atom stereocenters. The molecule has 3 heterocycles. The fourth-order valence-corrected chi connectivity index (χ4v) is 8.51. The maximum atomic E-state index is 13.3. The topological polar surface area (TPSA) is 130 Å². The van der Waals surface area contributed by atoms with Gasteiger partial charge in [0.15, 0.2) is 0 Å². The zero-order chi connectivity index (χ0) is 30.1. The van der Waals surface area contributed by atoms with Crippen LogP contribution in [0.15, 0.2) is 29.2 Å². The SMILES string of the molecule is CCOC(=O)[C@H](CNC(=O)C1CC2(C1)CN(CCc1ccc3c(n1)NCCC3)C2)NS(=O)(=O)c1c(C)cc(C)cc1C. The molecule has 228 valence electrons. The summed E-state index contributed by atoms with van der Waals surface area (Å²) < 4.78 is 34.2. The molecular weight excluding hydrogens is 554 g/mol. The fourth-order valence-electron chi connectivity index (χ4n) is 6.87. The largest absolute Gasteiger partial charge is 0.465 e. The number of aromatic nitrogens is 1. The van der Waals surface area contributed by atoms with Crippen LogP contribution in [0.2, 0.25) is 0 Å². The van der Waals surface area contributed by atoms with E-state index in [1.54, 1.807) is 32.9 Å². The predicted octanol–water partition coefficient (Wildman–Crippen LogP) is 2.65. The number of aryl methyl sites for hydroxylation is 4. The van der Waals surface area contributed by atoms with Crippen LogP contribution in [0.25, 0.3) is 0 Å². The highest BCUT2D eigenvalue weighted by atomic mass is 32.2. The molecule has 1 saturated carbocycles. The maximum absolute atomic E-state index is 13.3. The highest BCUT2D eigenvalue weighted by Gasteiger charge is 2.54. The van der Waals surface area contributed by atoms with E-state index in [0.29, 0.717) is 11.1 Å². The van der Waals surface area contributed by atoms with Crippen LogP contribution in [0.5, 0.6) is 0 Å². The van der Waals surface area contributed by atoms with E-state index in [1.807, 2.05) is 6.92 Å². The number of carbonyl (C=O) groups is 2. The van der Waals surface area contributed by atoms with Gasteiger partial charge in [-0.2, -0.15) is 4.72 Å². The van der Waals surface area contributed by atoms with Crippen LogP contribution in [0.1, 0.15) is 54.1 Å². The van der Waals surface area contributed by atoms with Crippen molar-refractivity contribution < 1.29 is 22.7 Å². The van der Waals surface area contributed by atoms with E-state index in [4.69, 9.17) is 9.72 Å². The molecule has 3 aliphatic rings. The first-order valence-electron chi connectivity index (χ1n) is 15.0. The van der Waals surface area contributed by atoms with Crippen LogP contribution in [0.3, 0.4) is 0 Å². The predicted molar refractivity (Wildman–Crippen MR) is 161 cm³/mol. The van der Waals surface area contributed by atoms with Gasteiger partial charge in [0.1, 0.15) is 11.9 Å². The van der Waals surface area contributed by atoms with Gasteiger partial charge in [-0.15, -0.1) is 0 Å². The lowest BCUT2D eigenvalue weighted by Crippen LogP contribution is -2.64. The van der Waals surface area contributed by atoms with Crippen LogP contribution in [-0.4, -0.2) is 75.6 Å². The summed E-state index contributed by atoms with van der Waals surface area (Å²) in [6.45, 7) is 10.8. The summed E-state index contributed by atoms with van der Waals surface area (Å²) in [5, 5.41) is 6.21. The minimum Gasteiger partial charge on any atom is -0.465 e. The van der Waals surface area contributed by atoms with Crippen molar-refractivity contribution >= 4 is 27.7 Å². The van der Waals surface area contributed by atoms with Gasteiger partial charge < -0.3 is 20.3 Å². The average Bonchev–Trinajstić information content (AvgIpc) is 2.88. The third-order valence-electron chi connectivity index (χ3n) is 8.71. The first kappa shape index (κ1) is 30.4. The summed E-state index contributed by atoms with van der Waals surface area (Å²) >= 11 is 0. The number of fused-ring (bicyclic) bond motifs is 1. The third kappa shape index (κ3) is 6.63. The molecule has 2 fully saturated rings. The lowest BCUT2D eigenvalue weighted by molar-refractivity contribution is -0.146. The zero-order valence-electron chi connectivity index (χ0n) is 25.1. The molecule has 0 unspecified atom stereocenters. The molecule has 1 aromatic heterocycles. The Hall–Kier alpha value is -3.02. The van der Waals surface area contributed by atoms with Gasteiger partial charge in [-0.1, -0.05) is 23.8 Å². The fraction of sp³-hybridized carbons (Fsp3) is 0.581. The second kappa shape index (κ2) is 12.3. The van der Waals surface area contributed by atoms with Gasteiger partial charge in [0, 0.05) is 50.8 Å². The maximum Gasteiger partial charge on any atom is 0.326 e. The quantitative estimate of drug-likeness (QED) is 0.337. The molecule has 2 aliphatic heterocycles. The van der Waals surface area contributed by atoms with Crippen molar-refractivity contribution in [3.63, 3.8) is 0 Å². The molecule has 0 bridgehead atoms. The van der Waals surface area contributed by atoms with E-state index in [9.17, 15) is 18.0 Å². The van der Waals surface area contributed by atoms with Crippen LogP contribution >= 0.6 is 0 Å². The normalized spacial score (nSPS) is 18.8. The van der Waals surface area contributed by atoms with Crippen molar-refractivity contribution in [2.24, 2.45) is 11.3 Å². The number of esters is 1. The molecule has 2 aromatic rings. The minimum atomic E-state index is -4.03. The van der Waals surface area contributed by atoms with E-state index >= 15 is 0 Å². The zero-order valence-corrected chi connectivity index (χ0v) is 25.9. The molecule has 10 nitrogen and oxygen atoms in total. The third-order valence-corrected chi connectivity index (χ3v) is 10.5. The lowest BCUT2D eigenvalue weighted by Gasteiger charge is -2.58. The summed E-state index contributed by atoms with van der Waals surface area (Å²) in [5.74, 6) is 0.0281. The van der Waals surface area contributed by atoms with Gasteiger partial charge in [0.05, 0.1) is 11.5 Å². The summed E-state index contributed by atoms with van der Waals surface area (Å²) in [4.78, 5) is 33.0. The van der Waals surface area contributed by atoms with Crippen molar-refractivity contribution in [1.29, 1.82) is 0 Å². The number of rotatable bonds is 11. The number of hydrogen-bond acceptors (Lipinski definition) is 8. The first-order chi connectivity index (χ1) is 20.0. The molecule has 1 saturated heterocycles. The van der Waals surface area contributed by atoms with Gasteiger partial charge in [0.25, 0.3) is 0 Å². The van der Waals surface area contributed by atoms with Crippen LogP contribution in [-0.2, 0) is 37.2 Å². The Morgan fingerprint density at radius 2 is 1.88 bits per heavy atom. The van der Waals surface area contributed by atoms with E-state index < -0.39 is 22.0 Å². The number of likely N-dealkylation sites (tertiary alicyclic amines) is 1. The van der Waals surface area contributed by atoms with Crippen LogP contribution < -0.4 is 15.4 Å². The molecule has 11 heteroatoms. The number of nitrogens with one attached hydrogen (secondary N) is 3. The first-order valence-corrected chi connectivity index (χ1v) is 16.5. The number of pyridine rings is 1. The number of ether oxygens (including phenoxy) is 1. The summed E-state index contributed by atoms with van der Waals surface area (Å²) in [6, 6.07) is 6.69. The van der Waals surface area contributed by atoms with Crippen molar-refractivity contribution in [2.45, 2.75) is 70.7 Å². The smallest absolute Gasteiger partial charge is 0.326 e. The number of hydrogen-bond donors (Lipinski definition) is 3. The number of nitrogens with zero attached hydrogens (tertiary/aromatic N) is 2. The number of sulfonamides is 1. The van der Waals surface area contributed by atoms with Gasteiger partial charge in [0.2, 0.25) is 15.9 Å². The van der Waals surface area contributed by atoms with E-state index in [1.165, 1.54) is 5.56 Å². The lowest BCUT2D eigenvalue weighted by atomic mass is 9.57. The standard InChI is InChI=1S/C31H43N5O5S/c1-5-41-30(38)26(35-42(39,40)27-21(3)13-20(2)14-22(27)4)17-33-29(37)24-15-31(16-24)18-36(19-31)12-10-25-9-8-23-7-6-11-32-28(23)34-25/h8-9,13-14,24,26,35H,5-7,10-12,15-19H2,1-4H3,(H,32,34)(H,33,37)/t26-/m0/s1. The van der Waals surface area contributed by atoms with Crippen molar-refractivity contribution in [2.75, 3.05) is 44.6 Å². The molecule has 5 rings (SSSR count). The molecule has 1 amide bonds. The molecule has 1 aliphatic carbocycles. The number of carbonyl (C=O) groups excluding carboxylic acids is 2. The van der Waals surface area contributed by atoms with E-state index in [-0.39, 0.29) is 35.3 Å². The number of amides is 1. The number of benzene rings is 1. The van der Waals surface area contributed by atoms with Crippen molar-refractivity contribution in [1.82, 2.24) is 19.9 Å². The van der Waals surface area contributed by atoms with E-state index in [0.717, 1.165) is 75.4 Å². The Morgan fingerprint density at radius 3 is 2.57 bits per heavy atom. The Kier molecular flexibility index (Phi) is 8.91. The Bertz CT molecular complexity index is 1420. The highest BCUT2D eigenvalue weighted by Crippen LogP contribution is 2.51.